The molecule has 0 aliphatic heterocycles. The third-order valence-electron chi connectivity index (χ3n) is 3.29. The highest BCUT2D eigenvalue weighted by atomic mass is 35.5. The maximum absolute atomic E-state index is 12.3. The molecule has 1 atom stereocenters. The van der Waals surface area contributed by atoms with Crippen molar-refractivity contribution in [3.63, 3.8) is 0 Å². The van der Waals surface area contributed by atoms with E-state index in [1.54, 1.807) is 17.0 Å². The number of rotatable bonds is 7. The zero-order valence-electron chi connectivity index (χ0n) is 13.1. The van der Waals surface area contributed by atoms with Crippen LogP contribution in [0, 0.1) is 17.2 Å². The van der Waals surface area contributed by atoms with E-state index < -0.39 is 0 Å². The number of amides is 1. The van der Waals surface area contributed by atoms with E-state index in [0.717, 1.165) is 5.56 Å². The Labute approximate surface area is 142 Å². The molecule has 1 aromatic carbocycles. The van der Waals surface area contributed by atoms with E-state index in [2.05, 4.69) is 6.07 Å². The number of carbonyl (C=O) groups excluding carboxylic acids is 1. The lowest BCUT2D eigenvalue weighted by molar-refractivity contribution is -0.132. The van der Waals surface area contributed by atoms with E-state index in [0.29, 0.717) is 36.2 Å². The van der Waals surface area contributed by atoms with Gasteiger partial charge in [-0.3, -0.25) is 9.69 Å². The van der Waals surface area contributed by atoms with Gasteiger partial charge in [0.1, 0.15) is 0 Å². The second-order valence-corrected chi connectivity index (χ2v) is 6.20. The lowest BCUT2D eigenvalue weighted by atomic mass is 10.2. The van der Waals surface area contributed by atoms with Crippen LogP contribution in [0.15, 0.2) is 18.2 Å². The standard InChI is InChI=1S/C16H21Cl2N3O/c1-4-21(9-12(2)8-19)16(22)11-20(3)10-13-5-6-14(17)15(18)7-13/h5-7,12H,4,9-11H2,1-3H3/t12-/m0/s1. The predicted molar refractivity (Wildman–Crippen MR) is 89.8 cm³/mol. The molecule has 22 heavy (non-hydrogen) atoms. The summed E-state index contributed by atoms with van der Waals surface area (Å²) in [6, 6.07) is 7.61. The highest BCUT2D eigenvalue weighted by molar-refractivity contribution is 6.42. The molecule has 0 fully saturated rings. The van der Waals surface area contributed by atoms with Crippen LogP contribution < -0.4 is 0 Å². The molecule has 0 radical (unpaired) electrons. The Kier molecular flexibility index (Phi) is 7.67. The summed E-state index contributed by atoms with van der Waals surface area (Å²) in [4.78, 5) is 15.9. The minimum absolute atomic E-state index is 0.0205. The van der Waals surface area contributed by atoms with Gasteiger partial charge >= 0.3 is 0 Å². The molecule has 0 N–H and O–H groups in total. The first-order chi connectivity index (χ1) is 10.4. The Morgan fingerprint density at radius 1 is 1.36 bits per heavy atom. The van der Waals surface area contributed by atoms with Crippen LogP contribution in [-0.2, 0) is 11.3 Å². The van der Waals surface area contributed by atoms with Crippen LogP contribution in [-0.4, -0.2) is 42.4 Å². The molecule has 4 nitrogen and oxygen atoms in total. The fourth-order valence-electron chi connectivity index (χ4n) is 2.12. The Morgan fingerprint density at radius 3 is 2.59 bits per heavy atom. The van der Waals surface area contributed by atoms with E-state index in [1.807, 2.05) is 31.9 Å². The zero-order valence-corrected chi connectivity index (χ0v) is 14.7. The van der Waals surface area contributed by atoms with Crippen molar-refractivity contribution in [3.8, 4) is 6.07 Å². The molecule has 120 valence electrons. The fourth-order valence-corrected chi connectivity index (χ4v) is 2.44. The summed E-state index contributed by atoms with van der Waals surface area (Å²) in [6.07, 6.45) is 0. The van der Waals surface area contributed by atoms with Crippen molar-refractivity contribution in [2.24, 2.45) is 5.92 Å². The number of hydrogen-bond donors (Lipinski definition) is 0. The summed E-state index contributed by atoms with van der Waals surface area (Å²) >= 11 is 11.9. The van der Waals surface area contributed by atoms with Crippen LogP contribution in [0.25, 0.3) is 0 Å². The SMILES string of the molecule is CCN(C[C@@H](C)C#N)C(=O)CN(C)Cc1ccc(Cl)c(Cl)c1. The molecule has 0 saturated carbocycles. The summed E-state index contributed by atoms with van der Waals surface area (Å²) in [5.74, 6) is -0.142. The van der Waals surface area contributed by atoms with Crippen LogP contribution in [0.2, 0.25) is 10.0 Å². The highest BCUT2D eigenvalue weighted by Gasteiger charge is 2.16. The maximum atomic E-state index is 12.3. The second kappa shape index (κ2) is 8.99. The third-order valence-corrected chi connectivity index (χ3v) is 4.03. The van der Waals surface area contributed by atoms with Gasteiger partial charge in [-0.25, -0.2) is 0 Å². The Hall–Kier alpha value is -1.28. The van der Waals surface area contributed by atoms with Crippen LogP contribution >= 0.6 is 23.2 Å². The summed E-state index contributed by atoms with van der Waals surface area (Å²) < 4.78 is 0. The van der Waals surface area contributed by atoms with Gasteiger partial charge in [0.2, 0.25) is 5.91 Å². The van der Waals surface area contributed by atoms with E-state index in [4.69, 9.17) is 28.5 Å². The Balaban J connectivity index is 2.59. The first kappa shape index (κ1) is 18.8. The highest BCUT2D eigenvalue weighted by Crippen LogP contribution is 2.23. The van der Waals surface area contributed by atoms with Gasteiger partial charge in [0, 0.05) is 19.6 Å². The number of likely N-dealkylation sites (N-methyl/N-ethyl adjacent to an activating group) is 2. The fraction of sp³-hybridized carbons (Fsp3) is 0.500. The normalized spacial score (nSPS) is 12.0. The van der Waals surface area contributed by atoms with Crippen LogP contribution in [0.5, 0.6) is 0 Å². The molecule has 0 unspecified atom stereocenters. The van der Waals surface area contributed by atoms with Gasteiger partial charge in [0.15, 0.2) is 0 Å². The lowest BCUT2D eigenvalue weighted by Gasteiger charge is -2.25. The topological polar surface area (TPSA) is 47.3 Å². The molecular formula is C16H21Cl2N3O. The minimum atomic E-state index is -0.163. The predicted octanol–water partition coefficient (Wildman–Crippen LogP) is 3.43. The molecule has 0 spiro atoms. The smallest absolute Gasteiger partial charge is 0.236 e. The molecule has 1 aromatic rings. The summed E-state index contributed by atoms with van der Waals surface area (Å²) in [5, 5.41) is 9.90. The van der Waals surface area contributed by atoms with Gasteiger partial charge in [-0.2, -0.15) is 5.26 Å². The Morgan fingerprint density at radius 2 is 2.05 bits per heavy atom. The number of carbonyl (C=O) groups is 1. The van der Waals surface area contributed by atoms with Crippen molar-refractivity contribution in [2.75, 3.05) is 26.7 Å². The van der Waals surface area contributed by atoms with Gasteiger partial charge in [-0.15, -0.1) is 0 Å². The molecule has 0 bridgehead atoms. The summed E-state index contributed by atoms with van der Waals surface area (Å²) in [5.41, 5.74) is 0.998. The number of benzene rings is 1. The summed E-state index contributed by atoms with van der Waals surface area (Å²) in [6.45, 7) is 5.70. The van der Waals surface area contributed by atoms with Crippen molar-refractivity contribution in [2.45, 2.75) is 20.4 Å². The first-order valence-electron chi connectivity index (χ1n) is 7.17. The lowest BCUT2D eigenvalue weighted by Crippen LogP contribution is -2.40. The van der Waals surface area contributed by atoms with Gasteiger partial charge in [0.25, 0.3) is 0 Å². The van der Waals surface area contributed by atoms with Crippen LogP contribution in [0.3, 0.4) is 0 Å². The van der Waals surface area contributed by atoms with Crippen molar-refractivity contribution < 1.29 is 4.79 Å². The molecule has 0 aromatic heterocycles. The van der Waals surface area contributed by atoms with Gasteiger partial charge in [-0.1, -0.05) is 29.3 Å². The first-order valence-corrected chi connectivity index (χ1v) is 7.92. The van der Waals surface area contributed by atoms with Crippen LogP contribution in [0.4, 0.5) is 0 Å². The molecule has 0 aliphatic rings. The number of nitrogens with zero attached hydrogens (tertiary/aromatic N) is 3. The third kappa shape index (κ3) is 5.84. The van der Waals surface area contributed by atoms with E-state index in [1.165, 1.54) is 0 Å². The molecule has 1 rings (SSSR count). The number of halogens is 2. The minimum Gasteiger partial charge on any atom is -0.341 e. The molecule has 6 heteroatoms. The molecule has 0 saturated heterocycles. The maximum Gasteiger partial charge on any atom is 0.236 e. The Bertz CT molecular complexity index is 557. The zero-order chi connectivity index (χ0) is 16.7. The van der Waals surface area contributed by atoms with Gasteiger partial charge in [0.05, 0.1) is 28.6 Å². The monoisotopic (exact) mass is 341 g/mol. The van der Waals surface area contributed by atoms with E-state index in [-0.39, 0.29) is 11.8 Å². The molecule has 0 heterocycles. The molecular weight excluding hydrogens is 321 g/mol. The quantitative estimate of drug-likeness (QED) is 0.763. The van der Waals surface area contributed by atoms with Crippen molar-refractivity contribution in [3.05, 3.63) is 33.8 Å². The average molecular weight is 342 g/mol. The van der Waals surface area contributed by atoms with Gasteiger partial charge < -0.3 is 4.90 Å². The van der Waals surface area contributed by atoms with Gasteiger partial charge in [-0.05, 0) is 38.6 Å². The van der Waals surface area contributed by atoms with Crippen molar-refractivity contribution in [1.29, 1.82) is 5.26 Å². The van der Waals surface area contributed by atoms with Crippen LogP contribution in [0.1, 0.15) is 19.4 Å². The summed E-state index contributed by atoms with van der Waals surface area (Å²) in [7, 11) is 1.88. The number of nitriles is 1. The largest absolute Gasteiger partial charge is 0.341 e. The van der Waals surface area contributed by atoms with E-state index >= 15 is 0 Å². The van der Waals surface area contributed by atoms with Crippen molar-refractivity contribution >= 4 is 29.1 Å². The average Bonchev–Trinajstić information content (AvgIpc) is 2.47. The molecule has 0 aliphatic carbocycles. The van der Waals surface area contributed by atoms with E-state index in [9.17, 15) is 4.79 Å². The number of hydrogen-bond acceptors (Lipinski definition) is 3. The second-order valence-electron chi connectivity index (χ2n) is 5.38. The molecule has 1 amide bonds. The van der Waals surface area contributed by atoms with Crippen molar-refractivity contribution in [1.82, 2.24) is 9.80 Å².